The fourth-order valence-corrected chi connectivity index (χ4v) is 4.16. The number of methoxy groups -OCH3 is 1. The van der Waals surface area contributed by atoms with Gasteiger partial charge in [-0.2, -0.15) is 0 Å². The molecule has 2 atom stereocenters. The predicted molar refractivity (Wildman–Crippen MR) is 87.7 cm³/mol. The molecule has 0 saturated carbocycles. The fourth-order valence-electron chi connectivity index (χ4n) is 4.16. The van der Waals surface area contributed by atoms with Gasteiger partial charge in [-0.3, -0.25) is 9.69 Å². The molecule has 2 aliphatic rings. The Hall–Kier alpha value is -1.57. The molecule has 2 fully saturated rings. The van der Waals surface area contributed by atoms with Gasteiger partial charge in [0.05, 0.1) is 6.61 Å². The van der Waals surface area contributed by atoms with Gasteiger partial charge in [-0.25, -0.2) is 8.78 Å². The molecule has 0 unspecified atom stereocenters. The molecule has 1 amide bonds. The number of amides is 1. The van der Waals surface area contributed by atoms with E-state index in [-0.39, 0.29) is 25.0 Å². The first-order chi connectivity index (χ1) is 12.0. The van der Waals surface area contributed by atoms with E-state index in [0.29, 0.717) is 31.7 Å². The van der Waals surface area contributed by atoms with E-state index in [1.807, 2.05) is 0 Å². The van der Waals surface area contributed by atoms with E-state index < -0.39 is 17.0 Å². The molecule has 0 aromatic heterocycles. The highest BCUT2D eigenvalue weighted by Crippen LogP contribution is 2.42. The van der Waals surface area contributed by atoms with Gasteiger partial charge in [0.25, 0.3) is 0 Å². The number of rotatable bonds is 5. The maximum atomic E-state index is 13.9. The third-order valence-electron chi connectivity index (χ3n) is 5.48. The Morgan fingerprint density at radius 1 is 1.40 bits per heavy atom. The zero-order chi connectivity index (χ0) is 18.0. The van der Waals surface area contributed by atoms with Crippen molar-refractivity contribution in [1.82, 2.24) is 9.80 Å². The van der Waals surface area contributed by atoms with Crippen molar-refractivity contribution >= 4 is 5.91 Å². The van der Waals surface area contributed by atoms with E-state index in [9.17, 15) is 18.7 Å². The summed E-state index contributed by atoms with van der Waals surface area (Å²) in [4.78, 5) is 15.9. The minimum atomic E-state index is -0.588. The summed E-state index contributed by atoms with van der Waals surface area (Å²) in [6.45, 7) is 2.85. The SMILES string of the molecule is COCC(=O)N1CC[C@H]2CN(Cc3ccc(F)cc3F)C[C@@]2(CO)C1. The lowest BCUT2D eigenvalue weighted by Gasteiger charge is -2.43. The molecule has 2 heterocycles. The number of ether oxygens (including phenoxy) is 1. The molecule has 0 bridgehead atoms. The number of aliphatic hydroxyl groups is 1. The number of aliphatic hydroxyl groups excluding tert-OH is 1. The van der Waals surface area contributed by atoms with Gasteiger partial charge in [-0.15, -0.1) is 0 Å². The van der Waals surface area contributed by atoms with Crippen molar-refractivity contribution in [2.24, 2.45) is 11.3 Å². The number of likely N-dealkylation sites (tertiary alicyclic amines) is 2. The topological polar surface area (TPSA) is 53.0 Å². The molecule has 2 saturated heterocycles. The molecule has 1 aromatic rings. The van der Waals surface area contributed by atoms with E-state index in [1.165, 1.54) is 19.2 Å². The number of carbonyl (C=O) groups excluding carboxylic acids is 1. The van der Waals surface area contributed by atoms with E-state index in [1.54, 1.807) is 4.90 Å². The van der Waals surface area contributed by atoms with Crippen molar-refractivity contribution in [3.8, 4) is 0 Å². The maximum absolute atomic E-state index is 13.9. The molecular formula is C18H24F2N2O3. The van der Waals surface area contributed by atoms with Crippen LogP contribution in [-0.4, -0.2) is 67.3 Å². The standard InChI is InChI=1S/C18H24F2N2O3/c1-25-9-17(24)22-5-4-14-8-21(10-18(14,11-22)12-23)7-13-2-3-15(19)6-16(13)20/h2-3,6,14,23H,4-5,7-12H2,1H3/t14-,18-/m0/s1. The highest BCUT2D eigenvalue weighted by atomic mass is 19.1. The number of fused-ring (bicyclic) bond motifs is 1. The number of hydrogen-bond donors (Lipinski definition) is 1. The number of piperidine rings is 1. The van der Waals surface area contributed by atoms with Crippen molar-refractivity contribution in [2.45, 2.75) is 13.0 Å². The van der Waals surface area contributed by atoms with Crippen LogP contribution in [0.2, 0.25) is 0 Å². The summed E-state index contributed by atoms with van der Waals surface area (Å²) >= 11 is 0. The normalized spacial score (nSPS) is 26.7. The second-order valence-electron chi connectivity index (χ2n) is 7.16. The molecule has 0 spiro atoms. The first-order valence-corrected chi connectivity index (χ1v) is 8.51. The monoisotopic (exact) mass is 354 g/mol. The van der Waals surface area contributed by atoms with Crippen molar-refractivity contribution < 1.29 is 23.4 Å². The third kappa shape index (κ3) is 3.68. The third-order valence-corrected chi connectivity index (χ3v) is 5.48. The maximum Gasteiger partial charge on any atom is 0.248 e. The average Bonchev–Trinajstić information content (AvgIpc) is 2.95. The molecule has 7 heteroatoms. The first kappa shape index (κ1) is 18.2. The predicted octanol–water partition coefficient (Wildman–Crippen LogP) is 1.25. The first-order valence-electron chi connectivity index (χ1n) is 8.51. The van der Waals surface area contributed by atoms with Crippen LogP contribution in [0.25, 0.3) is 0 Å². The molecule has 5 nitrogen and oxygen atoms in total. The number of benzene rings is 1. The number of nitrogens with zero attached hydrogens (tertiary/aromatic N) is 2. The molecule has 0 aliphatic carbocycles. The number of hydrogen-bond acceptors (Lipinski definition) is 4. The van der Waals surface area contributed by atoms with Gasteiger partial charge in [0, 0.05) is 56.9 Å². The number of carbonyl (C=O) groups is 1. The van der Waals surface area contributed by atoms with Crippen LogP contribution in [0.5, 0.6) is 0 Å². The Bertz CT molecular complexity index is 643. The van der Waals surface area contributed by atoms with Gasteiger partial charge < -0.3 is 14.7 Å². The van der Waals surface area contributed by atoms with Crippen molar-refractivity contribution in [3.63, 3.8) is 0 Å². The highest BCUT2D eigenvalue weighted by molar-refractivity contribution is 5.77. The Morgan fingerprint density at radius 3 is 2.88 bits per heavy atom. The number of halogens is 2. The lowest BCUT2D eigenvalue weighted by atomic mass is 9.74. The molecule has 25 heavy (non-hydrogen) atoms. The second kappa shape index (κ2) is 7.35. The Morgan fingerprint density at radius 2 is 2.20 bits per heavy atom. The minimum Gasteiger partial charge on any atom is -0.396 e. The molecule has 0 radical (unpaired) electrons. The quantitative estimate of drug-likeness (QED) is 0.865. The van der Waals surface area contributed by atoms with Crippen LogP contribution in [0.3, 0.4) is 0 Å². The van der Waals surface area contributed by atoms with E-state index in [4.69, 9.17) is 4.74 Å². The summed E-state index contributed by atoms with van der Waals surface area (Å²) in [6, 6.07) is 3.62. The minimum absolute atomic E-state index is 0.0170. The van der Waals surface area contributed by atoms with Crippen LogP contribution in [0.15, 0.2) is 18.2 Å². The highest BCUT2D eigenvalue weighted by Gasteiger charge is 2.50. The summed E-state index contributed by atoms with van der Waals surface area (Å²) in [6.07, 6.45) is 0.804. The Balaban J connectivity index is 1.70. The van der Waals surface area contributed by atoms with Crippen molar-refractivity contribution in [1.29, 1.82) is 0 Å². The smallest absolute Gasteiger partial charge is 0.248 e. The summed E-state index contributed by atoms with van der Waals surface area (Å²) < 4.78 is 31.9. The zero-order valence-corrected chi connectivity index (χ0v) is 14.4. The van der Waals surface area contributed by atoms with Crippen LogP contribution < -0.4 is 0 Å². The van der Waals surface area contributed by atoms with Crippen LogP contribution in [-0.2, 0) is 16.1 Å². The summed E-state index contributed by atoms with van der Waals surface area (Å²) in [5, 5.41) is 10.0. The summed E-state index contributed by atoms with van der Waals surface area (Å²) in [7, 11) is 1.49. The molecule has 1 aromatic carbocycles. The Labute approximate surface area is 146 Å². The Kier molecular flexibility index (Phi) is 5.36. The van der Waals surface area contributed by atoms with Gasteiger partial charge in [-0.05, 0) is 18.4 Å². The van der Waals surface area contributed by atoms with Crippen molar-refractivity contribution in [2.75, 3.05) is 46.5 Å². The van der Waals surface area contributed by atoms with Crippen LogP contribution in [0, 0.1) is 23.0 Å². The second-order valence-corrected chi connectivity index (χ2v) is 7.16. The van der Waals surface area contributed by atoms with Gasteiger partial charge >= 0.3 is 0 Å². The largest absolute Gasteiger partial charge is 0.396 e. The van der Waals surface area contributed by atoms with Crippen LogP contribution in [0.4, 0.5) is 8.78 Å². The molecule has 1 N–H and O–H groups in total. The average molecular weight is 354 g/mol. The van der Waals surface area contributed by atoms with Crippen LogP contribution >= 0.6 is 0 Å². The van der Waals surface area contributed by atoms with Gasteiger partial charge in [0.1, 0.15) is 18.2 Å². The molecule has 138 valence electrons. The zero-order valence-electron chi connectivity index (χ0n) is 14.4. The van der Waals surface area contributed by atoms with E-state index in [0.717, 1.165) is 19.0 Å². The van der Waals surface area contributed by atoms with E-state index >= 15 is 0 Å². The molecule has 3 rings (SSSR count). The fraction of sp³-hybridized carbons (Fsp3) is 0.611. The van der Waals surface area contributed by atoms with Gasteiger partial charge in [-0.1, -0.05) is 6.07 Å². The lowest BCUT2D eigenvalue weighted by molar-refractivity contribution is -0.140. The van der Waals surface area contributed by atoms with Gasteiger partial charge in [0.15, 0.2) is 0 Å². The van der Waals surface area contributed by atoms with Crippen molar-refractivity contribution in [3.05, 3.63) is 35.4 Å². The molecular weight excluding hydrogens is 330 g/mol. The summed E-state index contributed by atoms with van der Waals surface area (Å²) in [5.74, 6) is -0.954. The molecule has 2 aliphatic heterocycles. The summed E-state index contributed by atoms with van der Waals surface area (Å²) in [5.41, 5.74) is 0.0541. The van der Waals surface area contributed by atoms with Crippen LogP contribution in [0.1, 0.15) is 12.0 Å². The lowest BCUT2D eigenvalue weighted by Crippen LogP contribution is -2.53. The van der Waals surface area contributed by atoms with Gasteiger partial charge in [0.2, 0.25) is 5.91 Å². The van der Waals surface area contributed by atoms with E-state index in [2.05, 4.69) is 4.90 Å².